The van der Waals surface area contributed by atoms with Crippen LogP contribution in [0.1, 0.15) is 47.0 Å². The summed E-state index contributed by atoms with van der Waals surface area (Å²) in [6.45, 7) is 1.76. The Morgan fingerprint density at radius 3 is 1.74 bits per heavy atom. The van der Waals surface area contributed by atoms with Gasteiger partial charge in [-0.25, -0.2) is 0 Å². The number of imide groups is 1. The van der Waals surface area contributed by atoms with E-state index in [0.717, 1.165) is 0 Å². The molecule has 0 saturated carbocycles. The van der Waals surface area contributed by atoms with Crippen molar-refractivity contribution in [1.82, 2.24) is 14.7 Å². The number of halogens is 1. The maximum atomic E-state index is 13.1. The van der Waals surface area contributed by atoms with Crippen LogP contribution >= 0.6 is 11.6 Å². The number of hydrogen-bond donors (Lipinski definition) is 0. The van der Waals surface area contributed by atoms with Gasteiger partial charge in [-0.3, -0.25) is 24.1 Å². The topological polar surface area (TPSA) is 78.0 Å². The molecule has 0 unspecified atom stereocenters. The van der Waals surface area contributed by atoms with E-state index in [1.165, 1.54) is 4.90 Å². The maximum absolute atomic E-state index is 13.1. The zero-order valence-electron chi connectivity index (χ0n) is 18.8. The molecular weight excluding hydrogens is 466 g/mol. The molecule has 0 atom stereocenters. The standard InChI is InChI=1S/C27H22ClN3O4/c28-21-8-4-7-20(16-21)25(33)30-13-11-29(12-14-30)24(32)19-6-3-5-18(15-19)17-31-26(34)22-9-1-2-10-23(22)27(31)35/h1-10,15-16H,11-14,17H2. The van der Waals surface area contributed by atoms with Crippen LogP contribution in [0.15, 0.2) is 72.8 Å². The second kappa shape index (κ2) is 9.35. The van der Waals surface area contributed by atoms with Crippen LogP contribution in [-0.4, -0.2) is 64.5 Å². The van der Waals surface area contributed by atoms with Crippen molar-refractivity contribution in [3.05, 3.63) is 106 Å². The fourth-order valence-electron chi connectivity index (χ4n) is 4.47. The molecule has 0 aliphatic carbocycles. The molecule has 176 valence electrons. The molecule has 7 nitrogen and oxygen atoms in total. The zero-order chi connectivity index (χ0) is 24.5. The van der Waals surface area contributed by atoms with Gasteiger partial charge in [-0.2, -0.15) is 0 Å². The van der Waals surface area contributed by atoms with Gasteiger partial charge in [-0.15, -0.1) is 0 Å². The van der Waals surface area contributed by atoms with Crippen molar-refractivity contribution in [1.29, 1.82) is 0 Å². The lowest BCUT2D eigenvalue weighted by Gasteiger charge is -2.35. The highest BCUT2D eigenvalue weighted by molar-refractivity contribution is 6.31. The lowest BCUT2D eigenvalue weighted by molar-refractivity contribution is 0.0535. The summed E-state index contributed by atoms with van der Waals surface area (Å²) in [6.07, 6.45) is 0. The highest BCUT2D eigenvalue weighted by Crippen LogP contribution is 2.24. The normalized spacial score (nSPS) is 15.4. The van der Waals surface area contributed by atoms with Crippen LogP contribution in [0.4, 0.5) is 0 Å². The number of carbonyl (C=O) groups excluding carboxylic acids is 4. The molecule has 3 aromatic carbocycles. The van der Waals surface area contributed by atoms with Crippen LogP contribution in [0.5, 0.6) is 0 Å². The van der Waals surface area contributed by atoms with Gasteiger partial charge >= 0.3 is 0 Å². The van der Waals surface area contributed by atoms with E-state index in [1.54, 1.807) is 82.6 Å². The van der Waals surface area contributed by atoms with E-state index in [9.17, 15) is 19.2 Å². The van der Waals surface area contributed by atoms with Crippen molar-refractivity contribution < 1.29 is 19.2 Å². The zero-order valence-corrected chi connectivity index (χ0v) is 19.6. The van der Waals surface area contributed by atoms with Crippen molar-refractivity contribution >= 4 is 35.2 Å². The first kappa shape index (κ1) is 22.8. The Morgan fingerprint density at radius 2 is 1.20 bits per heavy atom. The minimum absolute atomic E-state index is 0.0926. The summed E-state index contributed by atoms with van der Waals surface area (Å²) in [4.78, 5) is 55.9. The first-order chi connectivity index (χ1) is 16.9. The van der Waals surface area contributed by atoms with E-state index >= 15 is 0 Å². The van der Waals surface area contributed by atoms with Crippen molar-refractivity contribution in [2.45, 2.75) is 6.54 Å². The number of rotatable bonds is 4. The summed E-state index contributed by atoms with van der Waals surface area (Å²) in [7, 11) is 0. The fourth-order valence-corrected chi connectivity index (χ4v) is 4.66. The molecule has 2 aliphatic rings. The largest absolute Gasteiger partial charge is 0.335 e. The molecule has 2 aliphatic heterocycles. The Bertz CT molecular complexity index is 1310. The smallest absolute Gasteiger partial charge is 0.261 e. The Kier molecular flexibility index (Phi) is 6.09. The number of benzene rings is 3. The van der Waals surface area contributed by atoms with E-state index in [4.69, 9.17) is 11.6 Å². The van der Waals surface area contributed by atoms with Crippen molar-refractivity contribution in [2.75, 3.05) is 26.2 Å². The number of carbonyl (C=O) groups is 4. The summed E-state index contributed by atoms with van der Waals surface area (Å²) < 4.78 is 0. The van der Waals surface area contributed by atoms with Crippen LogP contribution in [0.2, 0.25) is 5.02 Å². The first-order valence-corrected chi connectivity index (χ1v) is 11.7. The Morgan fingerprint density at radius 1 is 0.686 bits per heavy atom. The predicted octanol–water partition coefficient (Wildman–Crippen LogP) is 3.73. The summed E-state index contributed by atoms with van der Waals surface area (Å²) in [5.74, 6) is -0.919. The Hall–Kier alpha value is -3.97. The van der Waals surface area contributed by atoms with E-state index in [0.29, 0.717) is 59.0 Å². The molecule has 2 heterocycles. The lowest BCUT2D eigenvalue weighted by Crippen LogP contribution is -2.50. The Labute approximate surface area is 207 Å². The van der Waals surface area contributed by atoms with Crippen LogP contribution in [0.25, 0.3) is 0 Å². The molecule has 4 amide bonds. The molecule has 0 bridgehead atoms. The van der Waals surface area contributed by atoms with E-state index in [2.05, 4.69) is 0 Å². The molecule has 3 aromatic rings. The number of piperazine rings is 1. The summed E-state index contributed by atoms with van der Waals surface area (Å²) >= 11 is 6.00. The van der Waals surface area contributed by atoms with Gasteiger partial charge < -0.3 is 9.80 Å². The van der Waals surface area contributed by atoms with Crippen LogP contribution in [0.3, 0.4) is 0 Å². The average molecular weight is 488 g/mol. The molecule has 5 rings (SSSR count). The third-order valence-electron chi connectivity index (χ3n) is 6.32. The van der Waals surface area contributed by atoms with Crippen LogP contribution in [0, 0.1) is 0 Å². The third kappa shape index (κ3) is 4.42. The Balaban J connectivity index is 1.23. The third-order valence-corrected chi connectivity index (χ3v) is 6.55. The monoisotopic (exact) mass is 487 g/mol. The molecule has 35 heavy (non-hydrogen) atoms. The quantitative estimate of drug-likeness (QED) is 0.525. The molecule has 0 N–H and O–H groups in total. The number of hydrogen-bond acceptors (Lipinski definition) is 4. The lowest BCUT2D eigenvalue weighted by atomic mass is 10.1. The average Bonchev–Trinajstić information content (AvgIpc) is 3.13. The van der Waals surface area contributed by atoms with Crippen molar-refractivity contribution in [2.24, 2.45) is 0 Å². The molecule has 1 saturated heterocycles. The van der Waals surface area contributed by atoms with Crippen LogP contribution < -0.4 is 0 Å². The number of nitrogens with zero attached hydrogens (tertiary/aromatic N) is 3. The second-order valence-corrected chi connectivity index (χ2v) is 8.97. The van der Waals surface area contributed by atoms with E-state index < -0.39 is 0 Å². The molecule has 0 aromatic heterocycles. The molecule has 8 heteroatoms. The summed E-state index contributed by atoms with van der Waals surface area (Å²) in [5.41, 5.74) is 2.50. The van der Waals surface area contributed by atoms with Gasteiger partial charge in [0.25, 0.3) is 23.6 Å². The van der Waals surface area contributed by atoms with Crippen LogP contribution in [-0.2, 0) is 6.54 Å². The van der Waals surface area contributed by atoms with E-state index in [-0.39, 0.29) is 30.2 Å². The van der Waals surface area contributed by atoms with Gasteiger partial charge in [0.05, 0.1) is 17.7 Å². The van der Waals surface area contributed by atoms with E-state index in [1.807, 2.05) is 0 Å². The van der Waals surface area contributed by atoms with Gasteiger partial charge in [0, 0.05) is 42.3 Å². The SMILES string of the molecule is O=C(c1cccc(Cl)c1)N1CCN(C(=O)c2cccc(CN3C(=O)c4ccccc4C3=O)c2)CC1. The van der Waals surface area contributed by atoms with Gasteiger partial charge in [0.15, 0.2) is 0 Å². The molecular formula is C27H22ClN3O4. The highest BCUT2D eigenvalue weighted by atomic mass is 35.5. The molecule has 0 radical (unpaired) electrons. The second-order valence-electron chi connectivity index (χ2n) is 8.54. The molecule has 0 spiro atoms. The summed E-state index contributed by atoms with van der Waals surface area (Å²) in [6, 6.07) is 20.6. The van der Waals surface area contributed by atoms with Crippen molar-refractivity contribution in [3.63, 3.8) is 0 Å². The van der Waals surface area contributed by atoms with Gasteiger partial charge in [0.2, 0.25) is 0 Å². The maximum Gasteiger partial charge on any atom is 0.261 e. The number of amides is 4. The van der Waals surface area contributed by atoms with Gasteiger partial charge in [-0.1, -0.05) is 41.9 Å². The molecule has 1 fully saturated rings. The minimum Gasteiger partial charge on any atom is -0.335 e. The summed E-state index contributed by atoms with van der Waals surface area (Å²) in [5, 5.41) is 0.505. The number of fused-ring (bicyclic) bond motifs is 1. The predicted molar refractivity (Wildman–Crippen MR) is 130 cm³/mol. The van der Waals surface area contributed by atoms with Gasteiger partial charge in [0.1, 0.15) is 0 Å². The van der Waals surface area contributed by atoms with Gasteiger partial charge in [-0.05, 0) is 48.0 Å². The van der Waals surface area contributed by atoms with Crippen molar-refractivity contribution in [3.8, 4) is 0 Å². The first-order valence-electron chi connectivity index (χ1n) is 11.3. The minimum atomic E-state index is -0.331. The highest BCUT2D eigenvalue weighted by Gasteiger charge is 2.35. The fraction of sp³-hybridized carbons (Fsp3) is 0.185.